The predicted octanol–water partition coefficient (Wildman–Crippen LogP) is 7.07. The molecule has 2 aliphatic heterocycles. The summed E-state index contributed by atoms with van der Waals surface area (Å²) in [5.74, 6) is 1.68. The monoisotopic (exact) mass is 480 g/mol. The molecule has 0 amide bonds. The van der Waals surface area contributed by atoms with Crippen molar-refractivity contribution < 1.29 is 4.74 Å². The van der Waals surface area contributed by atoms with Gasteiger partial charge in [-0.05, 0) is 75.6 Å². The zero-order valence-corrected chi connectivity index (χ0v) is 22.2. The van der Waals surface area contributed by atoms with Gasteiger partial charge in [0.2, 0.25) is 0 Å². The van der Waals surface area contributed by atoms with Crippen LogP contribution in [-0.2, 0) is 5.54 Å². The summed E-state index contributed by atoms with van der Waals surface area (Å²) in [5.41, 5.74) is 7.37. The first-order chi connectivity index (χ1) is 17.2. The molecule has 0 saturated heterocycles. The van der Waals surface area contributed by atoms with Crippen LogP contribution in [0.25, 0.3) is 0 Å². The van der Waals surface area contributed by atoms with Crippen molar-refractivity contribution in [1.29, 1.82) is 0 Å². The van der Waals surface area contributed by atoms with Gasteiger partial charge in [0.05, 0.1) is 18.9 Å². The molecule has 3 aromatic rings. The topological polar surface area (TPSA) is 22.2 Å². The third-order valence-corrected chi connectivity index (χ3v) is 7.17. The van der Waals surface area contributed by atoms with Crippen LogP contribution in [0, 0.1) is 20.8 Å². The van der Waals surface area contributed by atoms with Crippen LogP contribution in [-0.4, -0.2) is 30.2 Å². The third kappa shape index (κ3) is 4.66. The smallest absolute Gasteiger partial charge is 0.129 e. The van der Waals surface area contributed by atoms with Crippen LogP contribution in [0.2, 0.25) is 0 Å². The standard InChI is InChI=1S/C31H36N4O/c1-23-17-24(2)30(25(3)18-23)34-15-14-33(22-34)27-10-8-12-29(20-27)36-28-11-7-9-26(19-28)31(4,5)35-16-13-32(6)21-35/h7-20H,21-22H2,1-6H3. The Labute approximate surface area is 215 Å². The van der Waals surface area contributed by atoms with Crippen LogP contribution in [0.15, 0.2) is 85.5 Å². The number of hydrogen-bond donors (Lipinski definition) is 0. The lowest BCUT2D eigenvalue weighted by Crippen LogP contribution is -2.39. The van der Waals surface area contributed by atoms with Crippen LogP contribution in [0.4, 0.5) is 11.4 Å². The number of rotatable bonds is 6. The Kier molecular flexibility index (Phi) is 6.17. The summed E-state index contributed by atoms with van der Waals surface area (Å²) in [6, 6.07) is 21.2. The predicted molar refractivity (Wildman–Crippen MR) is 149 cm³/mol. The fourth-order valence-corrected chi connectivity index (χ4v) is 5.22. The molecule has 0 spiro atoms. The van der Waals surface area contributed by atoms with E-state index in [0.29, 0.717) is 0 Å². The largest absolute Gasteiger partial charge is 0.457 e. The number of hydrogen-bond acceptors (Lipinski definition) is 5. The lowest BCUT2D eigenvalue weighted by Gasteiger charge is -2.36. The van der Waals surface area contributed by atoms with E-state index in [9.17, 15) is 0 Å². The number of benzene rings is 3. The third-order valence-electron chi connectivity index (χ3n) is 7.17. The summed E-state index contributed by atoms with van der Waals surface area (Å²) in [6.07, 6.45) is 8.57. The van der Waals surface area contributed by atoms with Gasteiger partial charge in [-0.3, -0.25) is 0 Å². The Balaban J connectivity index is 1.31. The molecule has 5 nitrogen and oxygen atoms in total. The van der Waals surface area contributed by atoms with Crippen LogP contribution >= 0.6 is 0 Å². The summed E-state index contributed by atoms with van der Waals surface area (Å²) >= 11 is 0. The highest BCUT2D eigenvalue weighted by Crippen LogP contribution is 2.35. The average Bonchev–Trinajstić information content (AvgIpc) is 3.49. The van der Waals surface area contributed by atoms with Crippen molar-refractivity contribution >= 4 is 11.4 Å². The molecule has 0 unspecified atom stereocenters. The minimum absolute atomic E-state index is 0.140. The number of anilines is 2. The second-order valence-corrected chi connectivity index (χ2v) is 10.5. The molecule has 0 radical (unpaired) electrons. The van der Waals surface area contributed by atoms with Gasteiger partial charge in [-0.15, -0.1) is 0 Å². The maximum atomic E-state index is 6.35. The van der Waals surface area contributed by atoms with Crippen molar-refractivity contribution in [2.24, 2.45) is 0 Å². The number of ether oxygens (including phenoxy) is 1. The molecule has 5 rings (SSSR count). The van der Waals surface area contributed by atoms with E-state index in [4.69, 9.17) is 4.74 Å². The number of nitrogens with zero attached hydrogens (tertiary/aromatic N) is 4. The molecule has 0 atom stereocenters. The fourth-order valence-electron chi connectivity index (χ4n) is 5.22. The minimum Gasteiger partial charge on any atom is -0.457 e. The van der Waals surface area contributed by atoms with Gasteiger partial charge in [0.15, 0.2) is 0 Å². The normalized spacial score (nSPS) is 15.4. The lowest BCUT2D eigenvalue weighted by molar-refractivity contribution is 0.157. The van der Waals surface area contributed by atoms with Gasteiger partial charge in [0, 0.05) is 49.3 Å². The summed E-state index contributed by atoms with van der Waals surface area (Å²) < 4.78 is 6.35. The fraction of sp³-hybridized carbons (Fsp3) is 0.290. The molecule has 3 aromatic carbocycles. The van der Waals surface area contributed by atoms with Crippen LogP contribution in [0.1, 0.15) is 36.1 Å². The number of aryl methyl sites for hydroxylation is 3. The summed E-state index contributed by atoms with van der Waals surface area (Å²) in [4.78, 5) is 9.09. The molecular formula is C31H36N4O. The molecule has 186 valence electrons. The van der Waals surface area contributed by atoms with Gasteiger partial charge in [-0.1, -0.05) is 35.9 Å². The van der Waals surface area contributed by atoms with E-state index in [0.717, 1.165) is 30.5 Å². The first-order valence-corrected chi connectivity index (χ1v) is 12.5. The van der Waals surface area contributed by atoms with Gasteiger partial charge in [-0.2, -0.15) is 0 Å². The molecule has 2 heterocycles. The Morgan fingerprint density at radius 1 is 0.722 bits per heavy atom. The van der Waals surface area contributed by atoms with E-state index in [1.807, 2.05) is 12.1 Å². The summed E-state index contributed by atoms with van der Waals surface area (Å²) in [7, 11) is 2.09. The molecule has 36 heavy (non-hydrogen) atoms. The first kappa shape index (κ1) is 23.9. The van der Waals surface area contributed by atoms with Gasteiger partial charge in [0.1, 0.15) is 11.5 Å². The van der Waals surface area contributed by atoms with E-state index in [2.05, 4.69) is 135 Å². The molecule has 0 N–H and O–H groups in total. The van der Waals surface area contributed by atoms with Crippen LogP contribution in [0.5, 0.6) is 11.5 Å². The second kappa shape index (κ2) is 9.30. The molecule has 0 saturated carbocycles. The molecule has 0 aromatic heterocycles. The van der Waals surface area contributed by atoms with E-state index in [1.165, 1.54) is 27.9 Å². The van der Waals surface area contributed by atoms with Gasteiger partial charge in [-0.25, -0.2) is 0 Å². The zero-order chi connectivity index (χ0) is 25.4. The van der Waals surface area contributed by atoms with Gasteiger partial charge in [0.25, 0.3) is 0 Å². The van der Waals surface area contributed by atoms with Crippen molar-refractivity contribution in [3.63, 3.8) is 0 Å². The van der Waals surface area contributed by atoms with E-state index in [-0.39, 0.29) is 5.54 Å². The quantitative estimate of drug-likeness (QED) is 0.375. The van der Waals surface area contributed by atoms with Crippen LogP contribution in [0.3, 0.4) is 0 Å². The van der Waals surface area contributed by atoms with E-state index >= 15 is 0 Å². The second-order valence-electron chi connectivity index (χ2n) is 10.5. The van der Waals surface area contributed by atoms with Gasteiger partial charge < -0.3 is 24.3 Å². The van der Waals surface area contributed by atoms with E-state index in [1.54, 1.807) is 0 Å². The van der Waals surface area contributed by atoms with Crippen LogP contribution < -0.4 is 14.5 Å². The van der Waals surface area contributed by atoms with E-state index < -0.39 is 0 Å². The Hall–Kier alpha value is -3.86. The van der Waals surface area contributed by atoms with Crippen molar-refractivity contribution in [1.82, 2.24) is 9.80 Å². The molecular weight excluding hydrogens is 444 g/mol. The highest BCUT2D eigenvalue weighted by Gasteiger charge is 2.29. The highest BCUT2D eigenvalue weighted by atomic mass is 16.5. The van der Waals surface area contributed by atoms with Crippen molar-refractivity contribution in [3.05, 3.63) is 108 Å². The molecule has 0 aliphatic carbocycles. The summed E-state index contributed by atoms with van der Waals surface area (Å²) in [6.45, 7) is 12.7. The lowest BCUT2D eigenvalue weighted by atomic mass is 9.92. The maximum absolute atomic E-state index is 6.35. The average molecular weight is 481 g/mol. The maximum Gasteiger partial charge on any atom is 0.129 e. The Bertz CT molecular complexity index is 1300. The highest BCUT2D eigenvalue weighted by molar-refractivity contribution is 5.66. The molecule has 0 bridgehead atoms. The SMILES string of the molecule is Cc1cc(C)c(N2C=CN(c3cccc(Oc4cccc(C(C)(C)N5C=CN(C)C5)c4)c3)C2)c(C)c1. The zero-order valence-electron chi connectivity index (χ0n) is 22.2. The Morgan fingerprint density at radius 3 is 2.08 bits per heavy atom. The molecule has 2 aliphatic rings. The Morgan fingerprint density at radius 2 is 1.39 bits per heavy atom. The van der Waals surface area contributed by atoms with Gasteiger partial charge >= 0.3 is 0 Å². The minimum atomic E-state index is -0.140. The van der Waals surface area contributed by atoms with Crippen molar-refractivity contribution in [2.45, 2.75) is 40.2 Å². The molecule has 0 fully saturated rings. The first-order valence-electron chi connectivity index (χ1n) is 12.5. The van der Waals surface area contributed by atoms with Crippen molar-refractivity contribution in [3.8, 4) is 11.5 Å². The molecule has 5 heteroatoms. The van der Waals surface area contributed by atoms with Crippen molar-refractivity contribution in [2.75, 3.05) is 30.2 Å². The summed E-state index contributed by atoms with van der Waals surface area (Å²) in [5, 5.41) is 0.